The third kappa shape index (κ3) is 3.60. The monoisotopic (exact) mass is 497 g/mol. The standard InChI is InChI=1S/C24H28BrN5O2/c1-15-5-4-6-17(11-15)14-30-22(31)20-21(27(3)24(30)32)26-23-28(12-16(2)13-29(20)23)19-9-7-18(25)8-10-19/h4-11,16,20-21,23,26H,12-14H2,1-3H3. The Hall–Kier alpha value is -2.42. The van der Waals surface area contributed by atoms with Gasteiger partial charge in [-0.15, -0.1) is 0 Å². The van der Waals surface area contributed by atoms with Crippen LogP contribution in [-0.2, 0) is 11.3 Å². The molecule has 0 aliphatic carbocycles. The van der Waals surface area contributed by atoms with Gasteiger partial charge in [-0.05, 0) is 42.7 Å². The van der Waals surface area contributed by atoms with Gasteiger partial charge in [-0.1, -0.05) is 52.7 Å². The number of benzene rings is 2. The Balaban J connectivity index is 1.45. The zero-order chi connectivity index (χ0) is 22.6. The maximum absolute atomic E-state index is 13.7. The summed E-state index contributed by atoms with van der Waals surface area (Å²) in [6.45, 7) is 6.20. The van der Waals surface area contributed by atoms with Crippen molar-refractivity contribution in [2.24, 2.45) is 5.92 Å². The number of carbonyl (C=O) groups is 2. The van der Waals surface area contributed by atoms with Crippen LogP contribution in [0, 0.1) is 12.8 Å². The maximum Gasteiger partial charge on any atom is 0.328 e. The Kier molecular flexibility index (Phi) is 5.47. The lowest BCUT2D eigenvalue weighted by molar-refractivity contribution is -0.139. The zero-order valence-electron chi connectivity index (χ0n) is 18.5. The van der Waals surface area contributed by atoms with Gasteiger partial charge in [-0.2, -0.15) is 0 Å². The van der Waals surface area contributed by atoms with Crippen LogP contribution < -0.4 is 10.2 Å². The molecule has 3 aliphatic rings. The van der Waals surface area contributed by atoms with Gasteiger partial charge in [0.15, 0.2) is 0 Å². The number of hydrogen-bond donors (Lipinski definition) is 1. The van der Waals surface area contributed by atoms with Crippen molar-refractivity contribution in [3.05, 3.63) is 64.1 Å². The first kappa shape index (κ1) is 21.4. The van der Waals surface area contributed by atoms with E-state index in [-0.39, 0.29) is 30.9 Å². The fourth-order valence-corrected chi connectivity index (χ4v) is 5.45. The number of fused-ring (bicyclic) bond motifs is 3. The predicted octanol–water partition coefficient (Wildman–Crippen LogP) is 3.19. The average molecular weight is 498 g/mol. The molecule has 8 heteroatoms. The first-order chi connectivity index (χ1) is 15.3. The molecule has 3 aliphatic heterocycles. The normalized spacial score (nSPS) is 28.2. The number of likely N-dealkylation sites (N-methyl/N-ethyl adjacent to an activating group) is 1. The Morgan fingerprint density at radius 2 is 1.84 bits per heavy atom. The van der Waals surface area contributed by atoms with Crippen LogP contribution in [0.5, 0.6) is 0 Å². The minimum Gasteiger partial charge on any atom is -0.343 e. The first-order valence-electron chi connectivity index (χ1n) is 11.0. The summed E-state index contributed by atoms with van der Waals surface area (Å²) in [4.78, 5) is 34.5. The van der Waals surface area contributed by atoms with Gasteiger partial charge >= 0.3 is 6.03 Å². The third-order valence-corrected chi connectivity index (χ3v) is 7.20. The summed E-state index contributed by atoms with van der Waals surface area (Å²) >= 11 is 3.51. The molecule has 3 heterocycles. The van der Waals surface area contributed by atoms with Crippen molar-refractivity contribution < 1.29 is 9.59 Å². The second kappa shape index (κ2) is 8.17. The summed E-state index contributed by atoms with van der Waals surface area (Å²) in [6, 6.07) is 15.6. The number of amides is 3. The highest BCUT2D eigenvalue weighted by Gasteiger charge is 2.56. The van der Waals surface area contributed by atoms with Gasteiger partial charge in [0.05, 0.1) is 6.54 Å². The van der Waals surface area contributed by atoms with Crippen molar-refractivity contribution in [3.8, 4) is 0 Å². The van der Waals surface area contributed by atoms with Gasteiger partial charge in [0.1, 0.15) is 18.5 Å². The smallest absolute Gasteiger partial charge is 0.328 e. The number of rotatable bonds is 3. The molecule has 0 aromatic heterocycles. The lowest BCUT2D eigenvalue weighted by Gasteiger charge is -2.46. The van der Waals surface area contributed by atoms with Crippen molar-refractivity contribution in [1.82, 2.24) is 20.0 Å². The van der Waals surface area contributed by atoms with Crippen LogP contribution in [0.15, 0.2) is 53.0 Å². The predicted molar refractivity (Wildman–Crippen MR) is 127 cm³/mol. The Morgan fingerprint density at radius 3 is 2.56 bits per heavy atom. The van der Waals surface area contributed by atoms with Crippen molar-refractivity contribution in [2.75, 3.05) is 25.0 Å². The van der Waals surface area contributed by atoms with E-state index in [1.165, 1.54) is 4.90 Å². The van der Waals surface area contributed by atoms with Crippen LogP contribution in [0.25, 0.3) is 0 Å². The van der Waals surface area contributed by atoms with Crippen molar-refractivity contribution in [1.29, 1.82) is 0 Å². The number of carbonyl (C=O) groups excluding carboxylic acids is 2. The quantitative estimate of drug-likeness (QED) is 0.705. The SMILES string of the molecule is Cc1cccc(CN2C(=O)C3C(NC4N(c5ccc(Br)cc5)CC(C)CN34)N(C)C2=O)c1. The van der Waals surface area contributed by atoms with Gasteiger partial charge < -0.3 is 9.80 Å². The number of hydrogen-bond acceptors (Lipinski definition) is 5. The van der Waals surface area contributed by atoms with E-state index in [0.717, 1.165) is 34.4 Å². The fraction of sp³-hybridized carbons (Fsp3) is 0.417. The second-order valence-corrected chi connectivity index (χ2v) is 10.1. The molecule has 0 saturated carbocycles. The van der Waals surface area contributed by atoms with Crippen LogP contribution in [0.2, 0.25) is 0 Å². The van der Waals surface area contributed by atoms with E-state index >= 15 is 0 Å². The highest BCUT2D eigenvalue weighted by atomic mass is 79.9. The number of aryl methyl sites for hydroxylation is 1. The number of urea groups is 1. The number of anilines is 1. The topological polar surface area (TPSA) is 59.1 Å². The molecular formula is C24H28BrN5O2. The first-order valence-corrected chi connectivity index (χ1v) is 11.8. The average Bonchev–Trinajstić information content (AvgIpc) is 3.15. The number of nitrogens with one attached hydrogen (secondary N) is 1. The van der Waals surface area contributed by atoms with E-state index in [0.29, 0.717) is 5.92 Å². The molecule has 1 N–H and O–H groups in total. The Morgan fingerprint density at radius 1 is 1.09 bits per heavy atom. The molecule has 5 rings (SSSR count). The molecule has 0 spiro atoms. The van der Waals surface area contributed by atoms with Gasteiger partial charge in [-0.3, -0.25) is 19.9 Å². The molecule has 3 amide bonds. The highest BCUT2D eigenvalue weighted by Crippen LogP contribution is 2.35. The third-order valence-electron chi connectivity index (χ3n) is 6.67. The van der Waals surface area contributed by atoms with E-state index in [1.807, 2.05) is 43.3 Å². The largest absolute Gasteiger partial charge is 0.343 e. The van der Waals surface area contributed by atoms with Gasteiger partial charge in [0, 0.05) is 30.3 Å². The van der Waals surface area contributed by atoms with E-state index in [2.05, 4.69) is 50.1 Å². The highest BCUT2D eigenvalue weighted by molar-refractivity contribution is 9.10. The molecule has 3 saturated heterocycles. The molecule has 3 fully saturated rings. The van der Waals surface area contributed by atoms with E-state index < -0.39 is 6.04 Å². The summed E-state index contributed by atoms with van der Waals surface area (Å²) in [6.07, 6.45) is -0.488. The molecular weight excluding hydrogens is 470 g/mol. The van der Waals surface area contributed by atoms with Crippen LogP contribution >= 0.6 is 15.9 Å². The molecule has 7 nitrogen and oxygen atoms in total. The Bertz CT molecular complexity index is 1040. The maximum atomic E-state index is 13.7. The number of imide groups is 1. The second-order valence-electron chi connectivity index (χ2n) is 9.17. The van der Waals surface area contributed by atoms with Crippen molar-refractivity contribution in [3.63, 3.8) is 0 Å². The summed E-state index contributed by atoms with van der Waals surface area (Å²) in [5.41, 5.74) is 3.17. The molecule has 4 unspecified atom stereocenters. The van der Waals surface area contributed by atoms with E-state index in [9.17, 15) is 9.59 Å². The molecule has 4 atom stereocenters. The van der Waals surface area contributed by atoms with Gasteiger partial charge in [-0.25, -0.2) is 4.79 Å². The van der Waals surface area contributed by atoms with E-state index in [1.54, 1.807) is 11.9 Å². The number of nitrogens with zero attached hydrogens (tertiary/aromatic N) is 4. The zero-order valence-corrected chi connectivity index (χ0v) is 20.1. The molecule has 0 radical (unpaired) electrons. The molecule has 2 aromatic rings. The van der Waals surface area contributed by atoms with Gasteiger partial charge in [0.25, 0.3) is 5.91 Å². The molecule has 32 heavy (non-hydrogen) atoms. The van der Waals surface area contributed by atoms with Crippen molar-refractivity contribution >= 4 is 33.6 Å². The minimum absolute atomic E-state index is 0.125. The summed E-state index contributed by atoms with van der Waals surface area (Å²) in [5, 5.41) is 3.58. The van der Waals surface area contributed by atoms with Crippen molar-refractivity contribution in [2.45, 2.75) is 38.9 Å². The van der Waals surface area contributed by atoms with Crippen LogP contribution in [-0.4, -0.2) is 65.3 Å². The molecule has 168 valence electrons. The fourth-order valence-electron chi connectivity index (χ4n) is 5.19. The molecule has 0 bridgehead atoms. The van der Waals surface area contributed by atoms with Crippen LogP contribution in [0.1, 0.15) is 18.1 Å². The van der Waals surface area contributed by atoms with Crippen LogP contribution in [0.3, 0.4) is 0 Å². The summed E-state index contributed by atoms with van der Waals surface area (Å²) < 4.78 is 1.03. The Labute approximate surface area is 197 Å². The van der Waals surface area contributed by atoms with Gasteiger partial charge in [0.2, 0.25) is 0 Å². The summed E-state index contributed by atoms with van der Waals surface area (Å²) in [5.74, 6) is 0.260. The lowest BCUT2D eigenvalue weighted by Crippen LogP contribution is -2.66. The minimum atomic E-state index is -0.409. The number of halogens is 1. The van der Waals surface area contributed by atoms with Crippen LogP contribution in [0.4, 0.5) is 10.5 Å². The summed E-state index contributed by atoms with van der Waals surface area (Å²) in [7, 11) is 1.79. The van der Waals surface area contributed by atoms with E-state index in [4.69, 9.17) is 0 Å². The molecule has 2 aromatic carbocycles. The lowest BCUT2D eigenvalue weighted by atomic mass is 10.0.